The minimum absolute atomic E-state index is 0.0178. The van der Waals surface area contributed by atoms with Gasteiger partial charge < -0.3 is 10.1 Å². The van der Waals surface area contributed by atoms with E-state index in [1.807, 2.05) is 30.3 Å². The molecule has 0 saturated heterocycles. The number of rotatable bonds is 2. The number of amides is 1. The van der Waals surface area contributed by atoms with Crippen LogP contribution in [0.25, 0.3) is 0 Å². The van der Waals surface area contributed by atoms with E-state index >= 15 is 0 Å². The number of carbonyl (C=O) groups excluding carboxylic acids is 2. The van der Waals surface area contributed by atoms with Crippen LogP contribution < -0.4 is 5.32 Å². The van der Waals surface area contributed by atoms with Crippen LogP contribution in [0.1, 0.15) is 52.4 Å². The minimum Gasteiger partial charge on any atom is -0.458 e. The molecule has 29 heavy (non-hydrogen) atoms. The number of carbonyl (C=O) groups is 2. The predicted molar refractivity (Wildman–Crippen MR) is 112 cm³/mol. The van der Waals surface area contributed by atoms with Crippen LogP contribution in [0.2, 0.25) is 0 Å². The molecule has 4 aliphatic rings. The van der Waals surface area contributed by atoms with E-state index in [4.69, 9.17) is 4.74 Å². The quantitative estimate of drug-likeness (QED) is 0.722. The van der Waals surface area contributed by atoms with E-state index in [0.29, 0.717) is 17.8 Å². The van der Waals surface area contributed by atoms with Crippen LogP contribution in [0.15, 0.2) is 42.5 Å². The van der Waals surface area contributed by atoms with Crippen LogP contribution in [0, 0.1) is 34.5 Å². The van der Waals surface area contributed by atoms with Crippen molar-refractivity contribution in [3.63, 3.8) is 0 Å². The lowest BCUT2D eigenvalue weighted by Gasteiger charge is -2.57. The van der Waals surface area contributed by atoms with E-state index in [2.05, 4.69) is 25.2 Å². The maximum absolute atomic E-state index is 13.0. The standard InChI is InChI=1S/C25H31NO3/c1-24-12-10-19-18(8-9-21-25(19,2)13-11-22(27)29-21)20(24)14-16(15-24)23(28)26-17-6-4-3-5-7-17/h3-7,11,13,16,18-21H,8-10,12,14-15H2,1-2H3,(H,26,28)/t16-,18+,19-,20-,21+,24+,25+/m0/s1. The van der Waals surface area contributed by atoms with Gasteiger partial charge in [0, 0.05) is 23.1 Å². The molecule has 3 saturated carbocycles. The van der Waals surface area contributed by atoms with Crippen molar-refractivity contribution < 1.29 is 14.3 Å². The fraction of sp³-hybridized carbons (Fsp3) is 0.600. The maximum atomic E-state index is 13.0. The van der Waals surface area contributed by atoms with Crippen LogP contribution in [-0.4, -0.2) is 18.0 Å². The molecule has 1 aliphatic heterocycles. The summed E-state index contributed by atoms with van der Waals surface area (Å²) in [7, 11) is 0. The normalized spacial score (nSPS) is 43.0. The molecule has 154 valence electrons. The monoisotopic (exact) mass is 393 g/mol. The average Bonchev–Trinajstić information content (AvgIpc) is 3.07. The summed E-state index contributed by atoms with van der Waals surface area (Å²) >= 11 is 0. The zero-order valence-electron chi connectivity index (χ0n) is 17.4. The van der Waals surface area contributed by atoms with Crippen LogP contribution in [-0.2, 0) is 14.3 Å². The molecule has 0 spiro atoms. The second-order valence-corrected chi connectivity index (χ2v) is 10.3. The number of para-hydroxylation sites is 1. The SMILES string of the molecule is C[C@]12CC[C@H]3[C@@H](CC[C@H]4OC(=O)C=C[C@@]43C)[C@@H]1C[C@H](C(=O)Nc1ccccc1)C2. The minimum atomic E-state index is -0.190. The summed E-state index contributed by atoms with van der Waals surface area (Å²) in [5.74, 6) is 1.82. The smallest absolute Gasteiger partial charge is 0.330 e. The van der Waals surface area contributed by atoms with E-state index in [-0.39, 0.29) is 34.7 Å². The number of anilines is 1. The van der Waals surface area contributed by atoms with Crippen molar-refractivity contribution in [2.75, 3.05) is 5.32 Å². The molecule has 0 unspecified atom stereocenters. The molecule has 0 bridgehead atoms. The third kappa shape index (κ3) is 3.03. The van der Waals surface area contributed by atoms with Crippen molar-refractivity contribution in [2.24, 2.45) is 34.5 Å². The van der Waals surface area contributed by atoms with Crippen molar-refractivity contribution >= 4 is 17.6 Å². The van der Waals surface area contributed by atoms with Crippen molar-refractivity contribution in [2.45, 2.75) is 58.5 Å². The second-order valence-electron chi connectivity index (χ2n) is 10.3. The molecule has 4 nitrogen and oxygen atoms in total. The molecule has 1 N–H and O–H groups in total. The second kappa shape index (κ2) is 6.72. The van der Waals surface area contributed by atoms with Gasteiger partial charge in [-0.15, -0.1) is 0 Å². The molecule has 1 amide bonds. The average molecular weight is 394 g/mol. The number of ether oxygens (including phenoxy) is 1. The van der Waals surface area contributed by atoms with Gasteiger partial charge in [-0.2, -0.15) is 0 Å². The summed E-state index contributed by atoms with van der Waals surface area (Å²) in [5.41, 5.74) is 1.08. The van der Waals surface area contributed by atoms with Gasteiger partial charge in [0.15, 0.2) is 0 Å². The summed E-state index contributed by atoms with van der Waals surface area (Å²) in [6, 6.07) is 9.79. The molecule has 0 aromatic heterocycles. The van der Waals surface area contributed by atoms with E-state index in [9.17, 15) is 9.59 Å². The maximum Gasteiger partial charge on any atom is 0.330 e. The molecule has 1 aromatic rings. The third-order valence-corrected chi connectivity index (χ3v) is 8.71. The highest BCUT2D eigenvalue weighted by Gasteiger charge is 2.60. The number of hydrogen-bond acceptors (Lipinski definition) is 3. The zero-order valence-corrected chi connectivity index (χ0v) is 17.4. The Balaban J connectivity index is 1.36. The lowest BCUT2D eigenvalue weighted by Crippen LogP contribution is -2.54. The van der Waals surface area contributed by atoms with Gasteiger partial charge in [0.2, 0.25) is 5.91 Å². The van der Waals surface area contributed by atoms with Crippen LogP contribution in [0.3, 0.4) is 0 Å². The van der Waals surface area contributed by atoms with E-state index in [1.54, 1.807) is 6.08 Å². The fourth-order valence-corrected chi connectivity index (χ4v) is 7.23. The highest BCUT2D eigenvalue weighted by Crippen LogP contribution is 2.64. The first-order valence-corrected chi connectivity index (χ1v) is 11.1. The molecule has 3 aliphatic carbocycles. The number of fused-ring (bicyclic) bond motifs is 5. The Bertz CT molecular complexity index is 849. The predicted octanol–water partition coefficient (Wildman–Crippen LogP) is 4.97. The zero-order chi connectivity index (χ0) is 20.2. The summed E-state index contributed by atoms with van der Waals surface area (Å²) in [6.45, 7) is 4.70. The molecule has 3 fully saturated rings. The number of esters is 1. The summed E-state index contributed by atoms with van der Waals surface area (Å²) in [5, 5.41) is 3.13. The van der Waals surface area contributed by atoms with E-state index < -0.39 is 0 Å². The van der Waals surface area contributed by atoms with Gasteiger partial charge in [0.25, 0.3) is 0 Å². The van der Waals surface area contributed by atoms with Crippen LogP contribution in [0.4, 0.5) is 5.69 Å². The first-order chi connectivity index (χ1) is 13.9. The lowest BCUT2D eigenvalue weighted by molar-refractivity contribution is -0.166. The van der Waals surface area contributed by atoms with Crippen LogP contribution >= 0.6 is 0 Å². The van der Waals surface area contributed by atoms with Gasteiger partial charge in [0.05, 0.1) is 0 Å². The van der Waals surface area contributed by atoms with Gasteiger partial charge >= 0.3 is 5.97 Å². The molecule has 5 rings (SSSR count). The molecule has 1 aromatic carbocycles. The summed E-state index contributed by atoms with van der Waals surface area (Å²) < 4.78 is 5.71. The Morgan fingerprint density at radius 3 is 2.69 bits per heavy atom. The van der Waals surface area contributed by atoms with Crippen molar-refractivity contribution in [3.8, 4) is 0 Å². The first kappa shape index (κ1) is 18.9. The molecular weight excluding hydrogens is 362 g/mol. The Morgan fingerprint density at radius 1 is 1.10 bits per heavy atom. The van der Waals surface area contributed by atoms with Gasteiger partial charge in [-0.3, -0.25) is 4.79 Å². The highest BCUT2D eigenvalue weighted by molar-refractivity contribution is 5.92. The topological polar surface area (TPSA) is 55.4 Å². The van der Waals surface area contributed by atoms with Gasteiger partial charge in [-0.1, -0.05) is 38.1 Å². The Hall–Kier alpha value is -2.10. The Labute approximate surface area is 173 Å². The highest BCUT2D eigenvalue weighted by atomic mass is 16.5. The van der Waals surface area contributed by atoms with Gasteiger partial charge in [-0.25, -0.2) is 4.79 Å². The molecule has 4 heteroatoms. The van der Waals surface area contributed by atoms with Crippen LogP contribution in [0.5, 0.6) is 0 Å². The number of benzene rings is 1. The van der Waals surface area contributed by atoms with Crippen molar-refractivity contribution in [1.29, 1.82) is 0 Å². The molecular formula is C25H31NO3. The first-order valence-electron chi connectivity index (χ1n) is 11.1. The largest absolute Gasteiger partial charge is 0.458 e. The molecule has 1 heterocycles. The molecule has 7 atom stereocenters. The fourth-order valence-electron chi connectivity index (χ4n) is 7.23. The van der Waals surface area contributed by atoms with E-state index in [0.717, 1.165) is 37.8 Å². The van der Waals surface area contributed by atoms with Crippen molar-refractivity contribution in [1.82, 2.24) is 0 Å². The lowest BCUT2D eigenvalue weighted by atomic mass is 9.49. The van der Waals surface area contributed by atoms with Gasteiger partial charge in [0.1, 0.15) is 6.10 Å². The summed E-state index contributed by atoms with van der Waals surface area (Å²) in [6.07, 6.45) is 10.2. The summed E-state index contributed by atoms with van der Waals surface area (Å²) in [4.78, 5) is 24.8. The van der Waals surface area contributed by atoms with E-state index in [1.165, 1.54) is 6.42 Å². The van der Waals surface area contributed by atoms with Gasteiger partial charge in [-0.05, 0) is 73.8 Å². The Kier molecular flexibility index (Phi) is 4.38. The third-order valence-electron chi connectivity index (χ3n) is 8.71. The number of hydrogen-bond donors (Lipinski definition) is 1. The number of nitrogens with one attached hydrogen (secondary N) is 1. The molecule has 0 radical (unpaired) electrons. The van der Waals surface area contributed by atoms with Crippen molar-refractivity contribution in [3.05, 3.63) is 42.5 Å². The Morgan fingerprint density at radius 2 is 1.90 bits per heavy atom.